The van der Waals surface area contributed by atoms with E-state index < -0.39 is 26.4 Å². The summed E-state index contributed by atoms with van der Waals surface area (Å²) in [6.07, 6.45) is 0. The van der Waals surface area contributed by atoms with Gasteiger partial charge in [-0.25, -0.2) is 0 Å². The minimum atomic E-state index is -0.664. The number of nitro benzene ring substituents is 3. The Balaban J connectivity index is 1.78. The molecule has 1 heterocycles. The first-order chi connectivity index (χ1) is 15.8. The third kappa shape index (κ3) is 3.43. The number of benzene rings is 3. The quantitative estimate of drug-likeness (QED) is 0.120. The molecule has 4 aromatic rings. The topological polar surface area (TPSA) is 129 Å². The second-order valence-electron chi connectivity index (χ2n) is 7.35. The Bertz CT molecular complexity index is 1470. The van der Waals surface area contributed by atoms with Gasteiger partial charge in [0.05, 0.1) is 37.2 Å². The van der Waals surface area contributed by atoms with Gasteiger partial charge in [-0.3, -0.25) is 30.3 Å². The Kier molecular flexibility index (Phi) is 4.91. The first-order valence-electron chi connectivity index (χ1n) is 9.59. The molecule has 3 aromatic carbocycles. The summed E-state index contributed by atoms with van der Waals surface area (Å²) in [7, 11) is 2.95. The average molecular weight is 478 g/mol. The molecule has 1 aliphatic rings. The van der Waals surface area contributed by atoms with Crippen LogP contribution >= 0.6 is 20.7 Å². The lowest BCUT2D eigenvalue weighted by molar-refractivity contribution is -0.393. The number of nitro groups is 3. The fourth-order valence-electron chi connectivity index (χ4n) is 4.14. The number of rotatable bonds is 5. The van der Waals surface area contributed by atoms with Gasteiger partial charge in [-0.05, 0) is 34.9 Å². The van der Waals surface area contributed by atoms with Crippen molar-refractivity contribution in [3.63, 3.8) is 0 Å². The SMILES string of the molecule is O=[N+]([O-])c1ccc2c(c1)C(c1cc(-c3ccccc3)[s+]s1)c1cc([N+](=O)[O-])cc([N+](=O)[O-])c1-2. The maximum Gasteiger partial charge on any atom is 0.300 e. The van der Waals surface area contributed by atoms with Gasteiger partial charge in [0.25, 0.3) is 21.9 Å². The maximum absolute atomic E-state index is 11.8. The Morgan fingerprint density at radius 1 is 0.758 bits per heavy atom. The van der Waals surface area contributed by atoms with Crippen molar-refractivity contribution in [1.29, 1.82) is 0 Å². The van der Waals surface area contributed by atoms with Gasteiger partial charge in [0.15, 0.2) is 10.3 Å². The first-order valence-corrected chi connectivity index (χ1v) is 11.7. The monoisotopic (exact) mass is 478 g/mol. The van der Waals surface area contributed by atoms with Crippen molar-refractivity contribution in [2.75, 3.05) is 0 Å². The maximum atomic E-state index is 11.8. The first kappa shape index (κ1) is 20.8. The van der Waals surface area contributed by atoms with Gasteiger partial charge in [0, 0.05) is 29.8 Å². The molecular formula is C22H12N3O6S2+. The van der Waals surface area contributed by atoms with E-state index in [4.69, 9.17) is 0 Å². The normalized spacial score (nSPS) is 13.9. The Labute approximate surface area is 193 Å². The summed E-state index contributed by atoms with van der Waals surface area (Å²) in [5.41, 5.74) is 1.73. The minimum absolute atomic E-state index is 0.146. The van der Waals surface area contributed by atoms with Crippen LogP contribution in [0, 0.1) is 30.3 Å². The highest BCUT2D eigenvalue weighted by molar-refractivity contribution is 7.70. The molecule has 0 saturated heterocycles. The summed E-state index contributed by atoms with van der Waals surface area (Å²) in [5, 5.41) is 34.8. The smallest absolute Gasteiger partial charge is 0.258 e. The van der Waals surface area contributed by atoms with Crippen LogP contribution in [0.5, 0.6) is 0 Å². The van der Waals surface area contributed by atoms with Gasteiger partial charge in [-0.15, -0.1) is 0 Å². The summed E-state index contributed by atoms with van der Waals surface area (Å²) < 4.78 is 0. The summed E-state index contributed by atoms with van der Waals surface area (Å²) in [6.45, 7) is 0. The third-order valence-corrected chi connectivity index (χ3v) is 8.05. The van der Waals surface area contributed by atoms with Gasteiger partial charge in [-0.1, -0.05) is 18.2 Å². The van der Waals surface area contributed by atoms with Gasteiger partial charge in [-0.2, -0.15) is 0 Å². The second-order valence-corrected chi connectivity index (χ2v) is 9.59. The van der Waals surface area contributed by atoms with Crippen LogP contribution in [-0.4, -0.2) is 14.8 Å². The third-order valence-electron chi connectivity index (χ3n) is 5.52. The van der Waals surface area contributed by atoms with Crippen molar-refractivity contribution in [1.82, 2.24) is 0 Å². The lowest BCUT2D eigenvalue weighted by Crippen LogP contribution is -2.00. The molecule has 0 aliphatic heterocycles. The number of fused-ring (bicyclic) bond motifs is 3. The molecule has 1 aliphatic carbocycles. The predicted octanol–water partition coefficient (Wildman–Crippen LogP) is 6.64. The van der Waals surface area contributed by atoms with E-state index >= 15 is 0 Å². The van der Waals surface area contributed by atoms with Crippen molar-refractivity contribution < 1.29 is 14.8 Å². The molecule has 0 saturated carbocycles. The molecule has 11 heteroatoms. The Hall–Kier alpha value is -4.09. The molecule has 5 rings (SSSR count). The van der Waals surface area contributed by atoms with Crippen molar-refractivity contribution in [2.24, 2.45) is 0 Å². The largest absolute Gasteiger partial charge is 0.300 e. The molecule has 1 atom stereocenters. The molecule has 0 spiro atoms. The lowest BCUT2D eigenvalue weighted by atomic mass is 9.94. The summed E-state index contributed by atoms with van der Waals surface area (Å²) in [6, 6.07) is 18.1. The zero-order valence-corrected chi connectivity index (χ0v) is 18.2. The second kappa shape index (κ2) is 7.80. The van der Waals surface area contributed by atoms with Crippen LogP contribution in [0.2, 0.25) is 0 Å². The van der Waals surface area contributed by atoms with E-state index in [-0.39, 0.29) is 16.9 Å². The Morgan fingerprint density at radius 3 is 2.12 bits per heavy atom. The van der Waals surface area contributed by atoms with Crippen LogP contribution in [0.25, 0.3) is 21.6 Å². The molecule has 1 aromatic heterocycles. The molecule has 33 heavy (non-hydrogen) atoms. The molecular weight excluding hydrogens is 466 g/mol. The summed E-state index contributed by atoms with van der Waals surface area (Å²) >= 11 is 0. The van der Waals surface area contributed by atoms with Crippen molar-refractivity contribution in [3.05, 3.63) is 113 Å². The zero-order valence-electron chi connectivity index (χ0n) is 16.5. The summed E-state index contributed by atoms with van der Waals surface area (Å²) in [5.74, 6) is -0.591. The number of nitrogens with zero attached hydrogens (tertiary/aromatic N) is 3. The van der Waals surface area contributed by atoms with Crippen molar-refractivity contribution in [2.45, 2.75) is 5.92 Å². The number of non-ortho nitro benzene ring substituents is 2. The molecule has 9 nitrogen and oxygen atoms in total. The van der Waals surface area contributed by atoms with E-state index in [0.29, 0.717) is 16.7 Å². The van der Waals surface area contributed by atoms with Crippen LogP contribution in [0.4, 0.5) is 17.1 Å². The van der Waals surface area contributed by atoms with E-state index in [0.717, 1.165) is 21.4 Å². The van der Waals surface area contributed by atoms with E-state index in [1.807, 2.05) is 36.4 Å². The number of hydrogen-bond acceptors (Lipinski definition) is 7. The molecule has 0 radical (unpaired) electrons. The molecule has 1 unspecified atom stereocenters. The van der Waals surface area contributed by atoms with E-state index in [1.54, 1.807) is 0 Å². The average Bonchev–Trinajstić information content (AvgIpc) is 3.40. The molecule has 162 valence electrons. The van der Waals surface area contributed by atoms with Crippen molar-refractivity contribution >= 4 is 37.7 Å². The van der Waals surface area contributed by atoms with Crippen LogP contribution < -0.4 is 0 Å². The van der Waals surface area contributed by atoms with E-state index in [2.05, 4.69) is 0 Å². The van der Waals surface area contributed by atoms with Crippen molar-refractivity contribution in [3.8, 4) is 21.6 Å². The lowest BCUT2D eigenvalue weighted by Gasteiger charge is -2.09. The van der Waals surface area contributed by atoms with Gasteiger partial charge in [0.1, 0.15) is 0 Å². The highest BCUT2D eigenvalue weighted by atomic mass is 32.9. The van der Waals surface area contributed by atoms with Gasteiger partial charge in [0.2, 0.25) is 0 Å². The number of hydrogen-bond donors (Lipinski definition) is 0. The zero-order chi connectivity index (χ0) is 23.3. The molecule has 0 bridgehead atoms. The standard InChI is InChI=1S/C22H12N3O6S2/c26-23(27)13-6-7-15-16(8-13)22(20-11-19(32-33-20)12-4-2-1-3-5-12)17-9-14(24(28)29)10-18(21(15)17)25(30)31/h1-11,22H/q+1. The highest BCUT2D eigenvalue weighted by Crippen LogP contribution is 2.55. The molecule has 0 amide bonds. The molecule has 0 N–H and O–H groups in total. The fraction of sp³-hybridized carbons (Fsp3) is 0.0455. The molecule has 0 fully saturated rings. The van der Waals surface area contributed by atoms with Crippen LogP contribution in [-0.2, 0) is 0 Å². The van der Waals surface area contributed by atoms with E-state index in [1.165, 1.54) is 44.9 Å². The van der Waals surface area contributed by atoms with Gasteiger partial charge < -0.3 is 0 Å². The van der Waals surface area contributed by atoms with E-state index in [9.17, 15) is 30.3 Å². The van der Waals surface area contributed by atoms with Gasteiger partial charge >= 0.3 is 10.3 Å². The predicted molar refractivity (Wildman–Crippen MR) is 125 cm³/mol. The summed E-state index contributed by atoms with van der Waals surface area (Å²) in [4.78, 5) is 34.7. The minimum Gasteiger partial charge on any atom is -0.258 e. The highest BCUT2D eigenvalue weighted by Gasteiger charge is 2.40. The Morgan fingerprint density at radius 2 is 1.45 bits per heavy atom. The van der Waals surface area contributed by atoms with Crippen LogP contribution in [0.15, 0.2) is 66.7 Å². The van der Waals surface area contributed by atoms with Crippen LogP contribution in [0.1, 0.15) is 21.9 Å². The fourth-order valence-corrected chi connectivity index (χ4v) is 6.75. The van der Waals surface area contributed by atoms with Crippen LogP contribution in [0.3, 0.4) is 0 Å².